The van der Waals surface area contributed by atoms with E-state index in [1.807, 2.05) is 4.90 Å². The summed E-state index contributed by atoms with van der Waals surface area (Å²) in [4.78, 5) is 24.6. The highest BCUT2D eigenvalue weighted by molar-refractivity contribution is 5.88. The fourth-order valence-corrected chi connectivity index (χ4v) is 3.80. The number of amides is 1. The van der Waals surface area contributed by atoms with E-state index in [-0.39, 0.29) is 5.91 Å². The lowest BCUT2D eigenvalue weighted by molar-refractivity contribution is -0.155. The molecule has 7 nitrogen and oxygen atoms in total. The van der Waals surface area contributed by atoms with Gasteiger partial charge >= 0.3 is 0 Å². The number of halogens is 1. The van der Waals surface area contributed by atoms with E-state index in [2.05, 4.69) is 16.0 Å². The number of carbonyl (C=O) groups excluding carboxylic acids is 1. The monoisotopic (exact) mass is 345 g/mol. The van der Waals surface area contributed by atoms with E-state index in [4.69, 9.17) is 4.74 Å². The highest BCUT2D eigenvalue weighted by Crippen LogP contribution is 2.47. The third-order valence-corrected chi connectivity index (χ3v) is 5.34. The normalized spacial score (nSPS) is 27.8. The van der Waals surface area contributed by atoms with Crippen LogP contribution >= 0.6 is 0 Å². The van der Waals surface area contributed by atoms with E-state index < -0.39 is 16.8 Å². The van der Waals surface area contributed by atoms with Gasteiger partial charge in [-0.15, -0.1) is 0 Å². The molecule has 0 bridgehead atoms. The van der Waals surface area contributed by atoms with Crippen molar-refractivity contribution >= 4 is 11.9 Å². The van der Waals surface area contributed by atoms with Crippen LogP contribution in [0, 0.1) is 22.6 Å². The van der Waals surface area contributed by atoms with Crippen LogP contribution in [0.15, 0.2) is 12.4 Å². The number of nitriles is 1. The molecule has 4 rings (SSSR count). The maximum Gasteiger partial charge on any atom is 0.243 e. The number of nitrogens with zero attached hydrogens (tertiary/aromatic N) is 5. The summed E-state index contributed by atoms with van der Waals surface area (Å²) in [6.07, 6.45) is 5.35. The van der Waals surface area contributed by atoms with Gasteiger partial charge < -0.3 is 14.5 Å². The number of morpholine rings is 1. The quantitative estimate of drug-likeness (QED) is 0.799. The zero-order valence-electron chi connectivity index (χ0n) is 13.9. The highest BCUT2D eigenvalue weighted by atomic mass is 19.1. The lowest BCUT2D eigenvalue weighted by atomic mass is 9.90. The van der Waals surface area contributed by atoms with Crippen molar-refractivity contribution in [3.05, 3.63) is 18.2 Å². The molecule has 8 heteroatoms. The minimum Gasteiger partial charge on any atom is -0.369 e. The lowest BCUT2D eigenvalue weighted by Crippen LogP contribution is -2.61. The Labute approximate surface area is 145 Å². The van der Waals surface area contributed by atoms with Crippen LogP contribution in [0.4, 0.5) is 10.3 Å². The first-order valence-corrected chi connectivity index (χ1v) is 8.63. The Hall–Kier alpha value is -2.27. The summed E-state index contributed by atoms with van der Waals surface area (Å²) in [7, 11) is 0. The molecule has 3 aliphatic rings. The van der Waals surface area contributed by atoms with E-state index in [0.717, 1.165) is 31.8 Å². The summed E-state index contributed by atoms with van der Waals surface area (Å²) in [6, 6.07) is 2.18. The minimum absolute atomic E-state index is 0.0622. The minimum atomic E-state index is -0.799. The number of anilines is 1. The van der Waals surface area contributed by atoms with E-state index in [1.165, 1.54) is 0 Å². The molecule has 3 fully saturated rings. The Morgan fingerprint density at radius 3 is 2.68 bits per heavy atom. The van der Waals surface area contributed by atoms with Crippen LogP contribution in [0.25, 0.3) is 0 Å². The van der Waals surface area contributed by atoms with Gasteiger partial charge in [-0.05, 0) is 25.7 Å². The van der Waals surface area contributed by atoms with Gasteiger partial charge in [0.05, 0.1) is 38.2 Å². The fraction of sp³-hybridized carbons (Fsp3) is 0.647. The molecule has 0 N–H and O–H groups in total. The highest BCUT2D eigenvalue weighted by Gasteiger charge is 2.54. The molecule has 1 aliphatic carbocycles. The molecular weight excluding hydrogens is 325 g/mol. The summed E-state index contributed by atoms with van der Waals surface area (Å²) in [5.41, 5.74) is -1.28. The second-order valence-corrected chi connectivity index (χ2v) is 7.18. The summed E-state index contributed by atoms with van der Waals surface area (Å²) in [5.74, 6) is -0.0524. The smallest absolute Gasteiger partial charge is 0.243 e. The van der Waals surface area contributed by atoms with Gasteiger partial charge in [-0.25, -0.2) is 14.4 Å². The van der Waals surface area contributed by atoms with Gasteiger partial charge in [-0.1, -0.05) is 0 Å². The molecule has 1 atom stereocenters. The van der Waals surface area contributed by atoms with Crippen LogP contribution in [-0.2, 0) is 9.53 Å². The Bertz CT molecular complexity index is 711. The molecule has 2 aliphatic heterocycles. The molecule has 1 amide bonds. The lowest BCUT2D eigenvalue weighted by Gasteiger charge is -2.48. The fourth-order valence-electron chi connectivity index (χ4n) is 3.80. The first-order valence-electron chi connectivity index (χ1n) is 8.63. The van der Waals surface area contributed by atoms with Crippen molar-refractivity contribution in [2.45, 2.75) is 31.3 Å². The van der Waals surface area contributed by atoms with Gasteiger partial charge in [-0.2, -0.15) is 5.26 Å². The van der Waals surface area contributed by atoms with Crippen LogP contribution in [0.2, 0.25) is 0 Å². The Kier molecular flexibility index (Phi) is 3.84. The number of rotatable bonds is 2. The molecule has 3 heterocycles. The number of hydrogen-bond acceptors (Lipinski definition) is 6. The van der Waals surface area contributed by atoms with Crippen LogP contribution in [-0.4, -0.2) is 59.2 Å². The van der Waals surface area contributed by atoms with Crippen molar-refractivity contribution in [2.24, 2.45) is 5.41 Å². The Morgan fingerprint density at radius 1 is 1.24 bits per heavy atom. The topological polar surface area (TPSA) is 82.4 Å². The Morgan fingerprint density at radius 2 is 2.00 bits per heavy atom. The molecule has 1 spiro atoms. The standard InChI is InChI=1S/C17H20FN5O2/c18-13-8-20-15(21-9-13)23-5-1-2-17(12-23)11-22(6-7-25-17)14(24)16(10-19)3-4-16/h8-9H,1-7,11-12H2/t17-/m0/s1. The SMILES string of the molecule is N#CC1(C(=O)N2CCO[C@@]3(CCCN(c4ncc(F)cn4)C3)C2)CC1. The van der Waals surface area contributed by atoms with Crippen molar-refractivity contribution in [3.8, 4) is 6.07 Å². The van der Waals surface area contributed by atoms with Crippen LogP contribution < -0.4 is 4.90 Å². The third kappa shape index (κ3) is 2.93. The van der Waals surface area contributed by atoms with E-state index in [9.17, 15) is 14.4 Å². The van der Waals surface area contributed by atoms with E-state index >= 15 is 0 Å². The zero-order valence-corrected chi connectivity index (χ0v) is 13.9. The predicted octanol–water partition coefficient (Wildman–Crippen LogP) is 1.12. The first kappa shape index (κ1) is 16.2. The van der Waals surface area contributed by atoms with E-state index in [0.29, 0.717) is 45.0 Å². The van der Waals surface area contributed by atoms with Crippen molar-refractivity contribution in [1.82, 2.24) is 14.9 Å². The number of hydrogen-bond donors (Lipinski definition) is 0. The van der Waals surface area contributed by atoms with E-state index in [1.54, 1.807) is 4.90 Å². The van der Waals surface area contributed by atoms with Gasteiger partial charge in [0.15, 0.2) is 5.82 Å². The van der Waals surface area contributed by atoms with Gasteiger partial charge in [0.1, 0.15) is 11.0 Å². The third-order valence-electron chi connectivity index (χ3n) is 5.34. The number of ether oxygens (including phenoxy) is 1. The van der Waals surface area contributed by atoms with Crippen molar-refractivity contribution in [2.75, 3.05) is 37.7 Å². The second-order valence-electron chi connectivity index (χ2n) is 7.18. The maximum absolute atomic E-state index is 13.1. The molecule has 1 aromatic rings. The van der Waals surface area contributed by atoms with Crippen LogP contribution in [0.5, 0.6) is 0 Å². The molecule has 25 heavy (non-hydrogen) atoms. The summed E-state index contributed by atoms with van der Waals surface area (Å²) in [5, 5.41) is 9.29. The van der Waals surface area contributed by atoms with Gasteiger partial charge in [0.2, 0.25) is 11.9 Å². The summed E-state index contributed by atoms with van der Waals surface area (Å²) < 4.78 is 19.1. The molecule has 0 unspecified atom stereocenters. The molecule has 132 valence electrons. The zero-order chi connectivity index (χ0) is 17.5. The number of aromatic nitrogens is 2. The molecule has 1 aromatic heterocycles. The first-order chi connectivity index (χ1) is 12.1. The summed E-state index contributed by atoms with van der Waals surface area (Å²) in [6.45, 7) is 2.80. The molecule has 0 radical (unpaired) electrons. The van der Waals surface area contributed by atoms with Gasteiger partial charge in [0.25, 0.3) is 0 Å². The molecular formula is C17H20FN5O2. The largest absolute Gasteiger partial charge is 0.369 e. The summed E-state index contributed by atoms with van der Waals surface area (Å²) >= 11 is 0. The average Bonchev–Trinajstić information content (AvgIpc) is 3.43. The van der Waals surface area contributed by atoms with Gasteiger partial charge in [-0.3, -0.25) is 4.79 Å². The van der Waals surface area contributed by atoms with Crippen molar-refractivity contribution in [3.63, 3.8) is 0 Å². The molecule has 0 aromatic carbocycles. The number of piperidine rings is 1. The van der Waals surface area contributed by atoms with Crippen LogP contribution in [0.3, 0.4) is 0 Å². The maximum atomic E-state index is 13.1. The van der Waals surface area contributed by atoms with Gasteiger partial charge in [0, 0.05) is 13.1 Å². The second kappa shape index (κ2) is 5.92. The Balaban J connectivity index is 1.50. The predicted molar refractivity (Wildman–Crippen MR) is 86.0 cm³/mol. The molecule has 1 saturated carbocycles. The number of carbonyl (C=O) groups is 1. The van der Waals surface area contributed by atoms with Crippen LogP contribution in [0.1, 0.15) is 25.7 Å². The molecule has 2 saturated heterocycles. The van der Waals surface area contributed by atoms with Crippen molar-refractivity contribution < 1.29 is 13.9 Å². The average molecular weight is 345 g/mol. The van der Waals surface area contributed by atoms with Crippen molar-refractivity contribution in [1.29, 1.82) is 5.26 Å².